The van der Waals surface area contributed by atoms with Crippen molar-refractivity contribution >= 4 is 22.8 Å². The van der Waals surface area contributed by atoms with Crippen molar-refractivity contribution in [1.82, 2.24) is 15.5 Å². The topological polar surface area (TPSA) is 84.1 Å². The Bertz CT molecular complexity index is 632. The largest absolute Gasteiger partial charge is 0.451 e. The van der Waals surface area contributed by atoms with E-state index in [1.54, 1.807) is 6.07 Å². The third-order valence-corrected chi connectivity index (χ3v) is 3.35. The zero-order valence-electron chi connectivity index (χ0n) is 12.2. The second-order valence-electron chi connectivity index (χ2n) is 4.77. The number of carbonyl (C=O) groups is 2. The molecule has 2 rings (SSSR count). The predicted octanol–water partition coefficient (Wildman–Crippen LogP) is 2.02. The van der Waals surface area contributed by atoms with Gasteiger partial charge in [-0.2, -0.15) is 5.10 Å². The Balaban J connectivity index is 1.94. The van der Waals surface area contributed by atoms with Crippen molar-refractivity contribution in [2.75, 3.05) is 6.61 Å². The van der Waals surface area contributed by atoms with E-state index in [0.29, 0.717) is 5.39 Å². The van der Waals surface area contributed by atoms with E-state index in [2.05, 4.69) is 15.5 Å². The van der Waals surface area contributed by atoms with Gasteiger partial charge in [0.2, 0.25) is 0 Å². The maximum Gasteiger partial charge on any atom is 0.359 e. The normalized spacial score (nSPS) is 10.8. The van der Waals surface area contributed by atoms with Crippen LogP contribution in [0.25, 0.3) is 10.9 Å². The quantitative estimate of drug-likeness (QED) is 0.797. The van der Waals surface area contributed by atoms with Crippen LogP contribution in [0.4, 0.5) is 0 Å². The molecule has 6 heteroatoms. The molecule has 0 bridgehead atoms. The van der Waals surface area contributed by atoms with Gasteiger partial charge in [0.25, 0.3) is 5.91 Å². The molecule has 0 saturated heterocycles. The molecule has 112 valence electrons. The summed E-state index contributed by atoms with van der Waals surface area (Å²) in [5.74, 6) is -0.899. The molecular weight excluding hydrogens is 270 g/mol. The summed E-state index contributed by atoms with van der Waals surface area (Å²) in [4.78, 5) is 23.7. The van der Waals surface area contributed by atoms with E-state index < -0.39 is 5.97 Å². The Morgan fingerprint density at radius 1 is 1.29 bits per heavy atom. The fourth-order valence-electron chi connectivity index (χ4n) is 2.08. The molecule has 1 aromatic heterocycles. The third kappa shape index (κ3) is 3.59. The van der Waals surface area contributed by atoms with Crippen LogP contribution in [-0.4, -0.2) is 34.7 Å². The lowest BCUT2D eigenvalue weighted by molar-refractivity contribution is -0.125. The molecule has 0 unspecified atom stereocenters. The number of nitrogens with zero attached hydrogens (tertiary/aromatic N) is 1. The van der Waals surface area contributed by atoms with Gasteiger partial charge in [-0.3, -0.25) is 9.89 Å². The first-order valence-corrected chi connectivity index (χ1v) is 7.05. The van der Waals surface area contributed by atoms with E-state index in [1.165, 1.54) is 0 Å². The first-order valence-electron chi connectivity index (χ1n) is 7.05. The molecule has 2 aromatic rings. The summed E-state index contributed by atoms with van der Waals surface area (Å²) in [5, 5.41) is 10.2. The highest BCUT2D eigenvalue weighted by molar-refractivity contribution is 6.02. The summed E-state index contributed by atoms with van der Waals surface area (Å²) in [6, 6.07) is 7.37. The molecule has 0 aliphatic heterocycles. The summed E-state index contributed by atoms with van der Waals surface area (Å²) in [6.07, 6.45) is 1.69. The highest BCUT2D eigenvalue weighted by Crippen LogP contribution is 2.15. The van der Waals surface area contributed by atoms with Gasteiger partial charge < -0.3 is 10.1 Å². The van der Waals surface area contributed by atoms with Crippen molar-refractivity contribution < 1.29 is 14.3 Å². The average molecular weight is 289 g/mol. The third-order valence-electron chi connectivity index (χ3n) is 3.35. The lowest BCUT2D eigenvalue weighted by Gasteiger charge is -2.14. The first kappa shape index (κ1) is 15.0. The van der Waals surface area contributed by atoms with Gasteiger partial charge in [0.1, 0.15) is 0 Å². The Morgan fingerprint density at radius 3 is 2.71 bits per heavy atom. The predicted molar refractivity (Wildman–Crippen MR) is 78.9 cm³/mol. The highest BCUT2D eigenvalue weighted by atomic mass is 16.5. The number of carbonyl (C=O) groups excluding carboxylic acids is 2. The number of H-pyrrole nitrogens is 1. The van der Waals surface area contributed by atoms with Crippen molar-refractivity contribution in [2.24, 2.45) is 0 Å². The number of ether oxygens (including phenoxy) is 1. The molecule has 0 aliphatic rings. The molecule has 2 N–H and O–H groups in total. The van der Waals surface area contributed by atoms with Gasteiger partial charge in [-0.1, -0.05) is 32.0 Å². The van der Waals surface area contributed by atoms with Crippen LogP contribution in [-0.2, 0) is 9.53 Å². The molecule has 0 spiro atoms. The fraction of sp³-hybridized carbons (Fsp3) is 0.400. The summed E-state index contributed by atoms with van der Waals surface area (Å²) in [7, 11) is 0. The van der Waals surface area contributed by atoms with Gasteiger partial charge in [-0.15, -0.1) is 0 Å². The number of esters is 1. The minimum Gasteiger partial charge on any atom is -0.451 e. The average Bonchev–Trinajstić information content (AvgIpc) is 2.94. The van der Waals surface area contributed by atoms with E-state index >= 15 is 0 Å². The van der Waals surface area contributed by atoms with Crippen molar-refractivity contribution in [1.29, 1.82) is 0 Å². The second-order valence-corrected chi connectivity index (χ2v) is 4.77. The minimum absolute atomic E-state index is 0.113. The number of aromatic amines is 1. The minimum atomic E-state index is -0.604. The van der Waals surface area contributed by atoms with E-state index in [0.717, 1.165) is 18.4 Å². The number of para-hydroxylation sites is 1. The lowest BCUT2D eigenvalue weighted by Crippen LogP contribution is -2.36. The highest BCUT2D eigenvalue weighted by Gasteiger charge is 2.17. The maximum absolute atomic E-state index is 12.0. The molecule has 1 amide bonds. The van der Waals surface area contributed by atoms with Gasteiger partial charge in [0.15, 0.2) is 12.3 Å². The molecule has 0 fully saturated rings. The number of nitrogens with one attached hydrogen (secondary N) is 2. The van der Waals surface area contributed by atoms with Crippen molar-refractivity contribution in [3.8, 4) is 0 Å². The van der Waals surface area contributed by atoms with Crippen LogP contribution in [0.1, 0.15) is 37.2 Å². The number of aromatic nitrogens is 2. The standard InChI is InChI=1S/C15H19N3O3/c1-3-10(4-2)16-13(19)9-21-15(20)14-11-7-5-6-8-12(11)17-18-14/h5-8,10H,3-4,9H2,1-2H3,(H,16,19)(H,17,18). The van der Waals surface area contributed by atoms with Crippen LogP contribution >= 0.6 is 0 Å². The van der Waals surface area contributed by atoms with Gasteiger partial charge >= 0.3 is 5.97 Å². The Hall–Kier alpha value is -2.37. The smallest absolute Gasteiger partial charge is 0.359 e. The fourth-order valence-corrected chi connectivity index (χ4v) is 2.08. The summed E-state index contributed by atoms with van der Waals surface area (Å²) >= 11 is 0. The van der Waals surface area contributed by atoms with E-state index in [4.69, 9.17) is 4.74 Å². The summed E-state index contributed by atoms with van der Waals surface area (Å²) < 4.78 is 5.01. The Morgan fingerprint density at radius 2 is 2.00 bits per heavy atom. The van der Waals surface area contributed by atoms with Crippen LogP contribution in [0, 0.1) is 0 Å². The van der Waals surface area contributed by atoms with Crippen LogP contribution in [0.2, 0.25) is 0 Å². The van der Waals surface area contributed by atoms with Gasteiger partial charge in [-0.25, -0.2) is 4.79 Å². The van der Waals surface area contributed by atoms with Crippen molar-refractivity contribution in [3.05, 3.63) is 30.0 Å². The maximum atomic E-state index is 12.0. The molecule has 0 atom stereocenters. The summed E-state index contributed by atoms with van der Waals surface area (Å²) in [5.41, 5.74) is 0.951. The monoisotopic (exact) mass is 289 g/mol. The number of fused-ring (bicyclic) bond motifs is 1. The van der Waals surface area contributed by atoms with E-state index in [1.807, 2.05) is 32.0 Å². The molecule has 6 nitrogen and oxygen atoms in total. The van der Waals surface area contributed by atoms with Crippen LogP contribution in [0.3, 0.4) is 0 Å². The lowest BCUT2D eigenvalue weighted by atomic mass is 10.2. The number of benzene rings is 1. The van der Waals surface area contributed by atoms with E-state index in [-0.39, 0.29) is 24.2 Å². The SMILES string of the molecule is CCC(CC)NC(=O)COC(=O)c1n[nH]c2ccccc12. The van der Waals surface area contributed by atoms with Gasteiger partial charge in [-0.05, 0) is 18.9 Å². The molecule has 1 aromatic carbocycles. The van der Waals surface area contributed by atoms with Crippen LogP contribution in [0.15, 0.2) is 24.3 Å². The van der Waals surface area contributed by atoms with Gasteiger partial charge in [0, 0.05) is 11.4 Å². The number of hydrogen-bond acceptors (Lipinski definition) is 4. The summed E-state index contributed by atoms with van der Waals surface area (Å²) in [6.45, 7) is 3.70. The zero-order chi connectivity index (χ0) is 15.2. The Kier molecular flexibility index (Phi) is 4.92. The van der Waals surface area contributed by atoms with E-state index in [9.17, 15) is 9.59 Å². The molecule has 0 saturated carbocycles. The molecule has 0 aliphatic carbocycles. The molecule has 21 heavy (non-hydrogen) atoms. The number of rotatable bonds is 6. The number of amides is 1. The first-order chi connectivity index (χ1) is 10.2. The van der Waals surface area contributed by atoms with Crippen molar-refractivity contribution in [3.63, 3.8) is 0 Å². The molecule has 1 heterocycles. The van der Waals surface area contributed by atoms with Crippen LogP contribution in [0.5, 0.6) is 0 Å². The zero-order valence-corrected chi connectivity index (χ0v) is 12.2. The molecule has 0 radical (unpaired) electrons. The Labute approximate surface area is 122 Å². The van der Waals surface area contributed by atoms with Crippen molar-refractivity contribution in [2.45, 2.75) is 32.7 Å². The number of hydrogen-bond donors (Lipinski definition) is 2. The van der Waals surface area contributed by atoms with Gasteiger partial charge in [0.05, 0.1) is 5.52 Å². The van der Waals surface area contributed by atoms with Crippen LogP contribution < -0.4 is 5.32 Å². The second kappa shape index (κ2) is 6.88. The molecular formula is C15H19N3O3.